The first-order valence-electron chi connectivity index (χ1n) is 5.78. The fraction of sp³-hybridized carbons (Fsp3) is 0.125. The van der Waals surface area contributed by atoms with E-state index in [2.05, 4.69) is 60.7 Å². The van der Waals surface area contributed by atoms with Gasteiger partial charge in [-0.1, -0.05) is 48.6 Å². The van der Waals surface area contributed by atoms with Gasteiger partial charge in [-0.15, -0.1) is 0 Å². The molecule has 1 aliphatic carbocycles. The van der Waals surface area contributed by atoms with E-state index >= 15 is 0 Å². The minimum atomic E-state index is 1.04. The van der Waals surface area contributed by atoms with Gasteiger partial charge in [0.15, 0.2) is 0 Å². The zero-order valence-electron chi connectivity index (χ0n) is 9.19. The molecule has 0 fully saturated rings. The molecule has 0 unspecified atom stereocenters. The Balaban J connectivity index is 2.39. The van der Waals surface area contributed by atoms with Crippen molar-refractivity contribution in [2.24, 2.45) is 0 Å². The van der Waals surface area contributed by atoms with Crippen LogP contribution in [0.25, 0.3) is 22.9 Å². The molecule has 2 aromatic rings. The van der Waals surface area contributed by atoms with Crippen LogP contribution in [0.4, 0.5) is 0 Å². The maximum atomic E-state index is 2.30. The first-order valence-corrected chi connectivity index (χ1v) is 5.78. The predicted molar refractivity (Wildman–Crippen MR) is 70.5 cm³/mol. The molecule has 0 spiro atoms. The van der Waals surface area contributed by atoms with E-state index in [0.29, 0.717) is 0 Å². The van der Waals surface area contributed by atoms with Crippen LogP contribution >= 0.6 is 0 Å². The molecule has 2 aromatic carbocycles. The molecule has 1 aliphatic rings. The smallest absolute Gasteiger partial charge is 0.0160 e. The van der Waals surface area contributed by atoms with Crippen molar-refractivity contribution in [1.82, 2.24) is 0 Å². The Morgan fingerprint density at radius 3 is 1.69 bits per heavy atom. The van der Waals surface area contributed by atoms with Crippen molar-refractivity contribution in [3.63, 3.8) is 0 Å². The van der Waals surface area contributed by atoms with Crippen LogP contribution in [0.1, 0.15) is 12.8 Å². The van der Waals surface area contributed by atoms with Crippen molar-refractivity contribution in [3.8, 4) is 0 Å². The minimum Gasteiger partial charge on any atom is -0.0844 e. The van der Waals surface area contributed by atoms with Gasteiger partial charge in [0.2, 0.25) is 0 Å². The Hall–Kier alpha value is -1.82. The van der Waals surface area contributed by atoms with Gasteiger partial charge in [0, 0.05) is 0 Å². The van der Waals surface area contributed by atoms with Crippen LogP contribution in [0.5, 0.6) is 0 Å². The summed E-state index contributed by atoms with van der Waals surface area (Å²) in [6.45, 7) is 0. The zero-order chi connectivity index (χ0) is 10.8. The normalized spacial score (nSPS) is 20.8. The molecule has 0 nitrogen and oxygen atoms in total. The monoisotopic (exact) mass is 206 g/mol. The summed E-state index contributed by atoms with van der Waals surface area (Å²) in [5, 5.41) is 5.39. The minimum absolute atomic E-state index is 1.04. The van der Waals surface area contributed by atoms with Gasteiger partial charge in [-0.3, -0.25) is 0 Å². The quantitative estimate of drug-likeness (QED) is 0.581. The highest BCUT2D eigenvalue weighted by Gasteiger charge is 1.94. The van der Waals surface area contributed by atoms with Gasteiger partial charge in [0.05, 0.1) is 0 Å². The van der Waals surface area contributed by atoms with E-state index in [1.807, 2.05) is 0 Å². The Morgan fingerprint density at radius 2 is 1.19 bits per heavy atom. The average Bonchev–Trinajstić information content (AvgIpc) is 2.29. The van der Waals surface area contributed by atoms with E-state index in [-0.39, 0.29) is 0 Å². The third-order valence-corrected chi connectivity index (χ3v) is 3.07. The average molecular weight is 206 g/mol. The summed E-state index contributed by atoms with van der Waals surface area (Å²) in [7, 11) is 0. The molecule has 0 saturated heterocycles. The van der Waals surface area contributed by atoms with Gasteiger partial charge in [-0.05, 0) is 46.2 Å². The molecule has 0 radical (unpaired) electrons. The van der Waals surface area contributed by atoms with E-state index in [9.17, 15) is 0 Å². The highest BCUT2D eigenvalue weighted by atomic mass is 14.0. The summed E-state index contributed by atoms with van der Waals surface area (Å²) < 4.78 is 0. The Bertz CT molecular complexity index is 601. The third-order valence-electron chi connectivity index (χ3n) is 3.07. The number of fused-ring (bicyclic) bond motifs is 2. The molecular weight excluding hydrogens is 192 g/mol. The summed E-state index contributed by atoms with van der Waals surface area (Å²) in [4.78, 5) is 0. The van der Waals surface area contributed by atoms with Crippen LogP contribution in [0, 0.1) is 0 Å². The first-order chi connectivity index (χ1) is 7.93. The highest BCUT2D eigenvalue weighted by molar-refractivity contribution is 5.82. The lowest BCUT2D eigenvalue weighted by molar-refractivity contribution is 1.34. The van der Waals surface area contributed by atoms with Crippen LogP contribution in [-0.2, 0) is 0 Å². The SMILES string of the molecule is C1=C\C/C=c2/cc3ccccc3c/c2=C/C/1. The topological polar surface area (TPSA) is 0 Å². The molecule has 0 bridgehead atoms. The van der Waals surface area contributed by atoms with E-state index in [0.717, 1.165) is 12.8 Å². The molecule has 0 heterocycles. The lowest BCUT2D eigenvalue weighted by Gasteiger charge is -2.00. The molecule has 0 saturated carbocycles. The molecule has 78 valence electrons. The number of rotatable bonds is 0. The predicted octanol–water partition coefficient (Wildman–Crippen LogP) is 2.75. The van der Waals surface area contributed by atoms with Gasteiger partial charge in [-0.2, -0.15) is 0 Å². The van der Waals surface area contributed by atoms with Gasteiger partial charge in [0.1, 0.15) is 0 Å². The van der Waals surface area contributed by atoms with E-state index in [1.165, 1.54) is 21.2 Å². The summed E-state index contributed by atoms with van der Waals surface area (Å²) >= 11 is 0. The van der Waals surface area contributed by atoms with Crippen LogP contribution in [0.15, 0.2) is 48.6 Å². The lowest BCUT2D eigenvalue weighted by Crippen LogP contribution is -2.24. The Kier molecular flexibility index (Phi) is 2.34. The lowest BCUT2D eigenvalue weighted by atomic mass is 10.0. The van der Waals surface area contributed by atoms with Gasteiger partial charge >= 0.3 is 0 Å². The van der Waals surface area contributed by atoms with Crippen LogP contribution in [0.3, 0.4) is 0 Å². The van der Waals surface area contributed by atoms with Crippen molar-refractivity contribution in [2.45, 2.75) is 12.8 Å². The third kappa shape index (κ3) is 1.67. The summed E-state index contributed by atoms with van der Waals surface area (Å²) in [6.07, 6.45) is 11.1. The molecule has 0 aliphatic heterocycles. The van der Waals surface area contributed by atoms with Crippen molar-refractivity contribution >= 4 is 22.9 Å². The highest BCUT2D eigenvalue weighted by Crippen LogP contribution is 2.08. The Morgan fingerprint density at radius 1 is 0.688 bits per heavy atom. The van der Waals surface area contributed by atoms with Crippen LogP contribution < -0.4 is 10.4 Å². The molecular formula is C16H14. The van der Waals surface area contributed by atoms with Gasteiger partial charge in [0.25, 0.3) is 0 Å². The zero-order valence-corrected chi connectivity index (χ0v) is 9.19. The van der Waals surface area contributed by atoms with Crippen molar-refractivity contribution < 1.29 is 0 Å². The summed E-state index contributed by atoms with van der Waals surface area (Å²) in [5.74, 6) is 0. The molecule has 0 atom stereocenters. The summed E-state index contributed by atoms with van der Waals surface area (Å²) in [5.41, 5.74) is 0. The molecule has 3 rings (SSSR count). The van der Waals surface area contributed by atoms with Crippen LogP contribution in [0.2, 0.25) is 0 Å². The number of benzene rings is 2. The number of hydrogen-bond donors (Lipinski definition) is 0. The maximum Gasteiger partial charge on any atom is -0.0160 e. The Labute approximate surface area is 95.2 Å². The van der Waals surface area contributed by atoms with Gasteiger partial charge in [-0.25, -0.2) is 0 Å². The molecule has 0 amide bonds. The second-order valence-electron chi connectivity index (χ2n) is 4.18. The van der Waals surface area contributed by atoms with Crippen molar-refractivity contribution in [3.05, 3.63) is 59.0 Å². The van der Waals surface area contributed by atoms with E-state index in [4.69, 9.17) is 0 Å². The number of hydrogen-bond acceptors (Lipinski definition) is 0. The molecule has 16 heavy (non-hydrogen) atoms. The first kappa shape index (κ1) is 9.41. The number of allylic oxidation sites excluding steroid dienone is 2. The maximum absolute atomic E-state index is 2.30. The molecule has 0 aromatic heterocycles. The molecule has 0 heteroatoms. The fourth-order valence-corrected chi connectivity index (χ4v) is 2.21. The largest absolute Gasteiger partial charge is 0.0844 e. The van der Waals surface area contributed by atoms with E-state index in [1.54, 1.807) is 0 Å². The standard InChI is InChI=1S/C16H14/c1-2-4-8-14-12-16-10-6-5-9-15(16)11-13(14)7-3-1/h1-2,5-12H,3-4H2/b2-1-,13-7-,14-8-. The molecule has 0 N–H and O–H groups in total. The van der Waals surface area contributed by atoms with Crippen molar-refractivity contribution in [2.75, 3.05) is 0 Å². The second kappa shape index (κ2) is 3.97. The van der Waals surface area contributed by atoms with E-state index < -0.39 is 0 Å². The van der Waals surface area contributed by atoms with Crippen LogP contribution in [-0.4, -0.2) is 0 Å². The second-order valence-corrected chi connectivity index (χ2v) is 4.18. The fourth-order valence-electron chi connectivity index (χ4n) is 2.21. The summed E-state index contributed by atoms with van der Waals surface area (Å²) in [6, 6.07) is 13.1. The van der Waals surface area contributed by atoms with Crippen molar-refractivity contribution in [1.29, 1.82) is 0 Å². The van der Waals surface area contributed by atoms with Gasteiger partial charge < -0.3 is 0 Å².